The van der Waals surface area contributed by atoms with Crippen LogP contribution >= 0.6 is 0 Å². The standard InChI is InChI=1S/C13H16N4/c1-8-6-4-5-7-11(8)17-13-9(2)12(14)15-10(3)16-13/h4-7H,1-3H3,(H3,14,15,16,17). The number of hydrogen-bond donors (Lipinski definition) is 2. The van der Waals surface area contributed by atoms with Crippen molar-refractivity contribution in [2.24, 2.45) is 0 Å². The molecule has 0 radical (unpaired) electrons. The first-order valence-electron chi connectivity index (χ1n) is 5.51. The number of para-hydroxylation sites is 1. The van der Waals surface area contributed by atoms with Gasteiger partial charge in [-0.1, -0.05) is 18.2 Å². The minimum absolute atomic E-state index is 0.522. The Morgan fingerprint density at radius 2 is 1.76 bits per heavy atom. The maximum atomic E-state index is 5.82. The number of benzene rings is 1. The predicted molar refractivity (Wildman–Crippen MR) is 70.4 cm³/mol. The van der Waals surface area contributed by atoms with Gasteiger partial charge in [0.1, 0.15) is 17.5 Å². The van der Waals surface area contributed by atoms with Crippen molar-refractivity contribution in [2.75, 3.05) is 11.1 Å². The van der Waals surface area contributed by atoms with E-state index in [1.54, 1.807) is 0 Å². The molecule has 0 spiro atoms. The Balaban J connectivity index is 2.40. The Labute approximate surface area is 101 Å². The first-order valence-corrected chi connectivity index (χ1v) is 5.51. The Morgan fingerprint density at radius 3 is 2.47 bits per heavy atom. The number of hydrogen-bond acceptors (Lipinski definition) is 4. The highest BCUT2D eigenvalue weighted by Crippen LogP contribution is 2.23. The number of nitrogens with two attached hydrogens (primary N) is 1. The van der Waals surface area contributed by atoms with Gasteiger partial charge >= 0.3 is 0 Å². The van der Waals surface area contributed by atoms with Crippen molar-refractivity contribution in [3.8, 4) is 0 Å². The van der Waals surface area contributed by atoms with Crippen molar-refractivity contribution in [1.82, 2.24) is 9.97 Å². The zero-order chi connectivity index (χ0) is 12.4. The van der Waals surface area contributed by atoms with Crippen molar-refractivity contribution in [2.45, 2.75) is 20.8 Å². The van der Waals surface area contributed by atoms with Gasteiger partial charge in [0, 0.05) is 11.3 Å². The molecule has 0 unspecified atom stereocenters. The van der Waals surface area contributed by atoms with Crippen molar-refractivity contribution in [1.29, 1.82) is 0 Å². The third kappa shape index (κ3) is 2.36. The molecule has 0 aliphatic carbocycles. The highest BCUT2D eigenvalue weighted by atomic mass is 15.1. The van der Waals surface area contributed by atoms with Crippen LogP contribution < -0.4 is 11.1 Å². The topological polar surface area (TPSA) is 63.8 Å². The number of anilines is 3. The van der Waals surface area contributed by atoms with E-state index >= 15 is 0 Å². The summed E-state index contributed by atoms with van der Waals surface area (Å²) in [5, 5.41) is 3.29. The summed E-state index contributed by atoms with van der Waals surface area (Å²) in [7, 11) is 0. The van der Waals surface area contributed by atoms with E-state index in [0.717, 1.165) is 17.1 Å². The summed E-state index contributed by atoms with van der Waals surface area (Å²) in [6.07, 6.45) is 0. The van der Waals surface area contributed by atoms with Crippen LogP contribution in [0.25, 0.3) is 0 Å². The fourth-order valence-corrected chi connectivity index (χ4v) is 1.61. The molecule has 1 heterocycles. The highest BCUT2D eigenvalue weighted by molar-refractivity contribution is 5.65. The van der Waals surface area contributed by atoms with Crippen LogP contribution in [0.15, 0.2) is 24.3 Å². The minimum Gasteiger partial charge on any atom is -0.383 e. The van der Waals surface area contributed by atoms with Gasteiger partial charge in [0.15, 0.2) is 0 Å². The number of rotatable bonds is 2. The summed E-state index contributed by atoms with van der Waals surface area (Å²) in [4.78, 5) is 8.49. The average Bonchev–Trinajstić information content (AvgIpc) is 2.28. The number of nitrogens with one attached hydrogen (secondary N) is 1. The summed E-state index contributed by atoms with van der Waals surface area (Å²) in [5.74, 6) is 1.96. The minimum atomic E-state index is 0.522. The van der Waals surface area contributed by atoms with Gasteiger partial charge < -0.3 is 11.1 Å². The highest BCUT2D eigenvalue weighted by Gasteiger charge is 2.07. The normalized spacial score (nSPS) is 10.3. The monoisotopic (exact) mass is 228 g/mol. The molecule has 0 bridgehead atoms. The summed E-state index contributed by atoms with van der Waals surface area (Å²) in [6.45, 7) is 5.79. The number of aromatic nitrogens is 2. The van der Waals surface area contributed by atoms with Crippen LogP contribution in [-0.4, -0.2) is 9.97 Å². The van der Waals surface area contributed by atoms with E-state index in [1.807, 2.05) is 32.0 Å². The third-order valence-electron chi connectivity index (χ3n) is 2.69. The van der Waals surface area contributed by atoms with Gasteiger partial charge in [0.2, 0.25) is 0 Å². The van der Waals surface area contributed by atoms with Crippen molar-refractivity contribution < 1.29 is 0 Å². The van der Waals surface area contributed by atoms with Gasteiger partial charge in [-0.05, 0) is 32.4 Å². The fraction of sp³-hybridized carbons (Fsp3) is 0.231. The molecule has 0 saturated heterocycles. The van der Waals surface area contributed by atoms with Crippen molar-refractivity contribution in [3.05, 3.63) is 41.2 Å². The molecule has 0 atom stereocenters. The SMILES string of the molecule is Cc1nc(N)c(C)c(Nc2ccccc2C)n1. The average molecular weight is 228 g/mol. The van der Waals surface area contributed by atoms with E-state index < -0.39 is 0 Å². The van der Waals surface area contributed by atoms with E-state index in [1.165, 1.54) is 5.56 Å². The van der Waals surface area contributed by atoms with Gasteiger partial charge in [0.25, 0.3) is 0 Å². The van der Waals surface area contributed by atoms with E-state index in [-0.39, 0.29) is 0 Å². The van der Waals surface area contributed by atoms with Gasteiger partial charge in [-0.3, -0.25) is 0 Å². The van der Waals surface area contributed by atoms with Crippen molar-refractivity contribution in [3.63, 3.8) is 0 Å². The van der Waals surface area contributed by atoms with Crippen LogP contribution in [0.3, 0.4) is 0 Å². The Hall–Kier alpha value is -2.10. The van der Waals surface area contributed by atoms with E-state index in [2.05, 4.69) is 28.3 Å². The Morgan fingerprint density at radius 1 is 1.06 bits per heavy atom. The largest absolute Gasteiger partial charge is 0.383 e. The molecule has 1 aromatic carbocycles. The number of nitrogens with zero attached hydrogens (tertiary/aromatic N) is 2. The van der Waals surface area contributed by atoms with Gasteiger partial charge in [-0.15, -0.1) is 0 Å². The second-order valence-electron chi connectivity index (χ2n) is 4.07. The Bertz CT molecular complexity index is 549. The lowest BCUT2D eigenvalue weighted by atomic mass is 10.2. The lowest BCUT2D eigenvalue weighted by Crippen LogP contribution is -2.05. The zero-order valence-corrected chi connectivity index (χ0v) is 10.3. The molecule has 4 nitrogen and oxygen atoms in total. The molecule has 2 rings (SSSR count). The zero-order valence-electron chi connectivity index (χ0n) is 10.3. The Kier molecular flexibility index (Phi) is 2.95. The van der Waals surface area contributed by atoms with Crippen molar-refractivity contribution >= 4 is 17.3 Å². The first kappa shape index (κ1) is 11.4. The molecule has 17 heavy (non-hydrogen) atoms. The van der Waals surface area contributed by atoms with Gasteiger partial charge in [0.05, 0.1) is 0 Å². The van der Waals surface area contributed by atoms with Crippen LogP contribution in [-0.2, 0) is 0 Å². The lowest BCUT2D eigenvalue weighted by molar-refractivity contribution is 1.04. The molecule has 88 valence electrons. The second kappa shape index (κ2) is 4.41. The van der Waals surface area contributed by atoms with E-state index in [0.29, 0.717) is 11.6 Å². The van der Waals surface area contributed by atoms with Crippen LogP contribution in [0, 0.1) is 20.8 Å². The maximum absolute atomic E-state index is 5.82. The molecule has 0 amide bonds. The number of nitrogen functional groups attached to an aromatic ring is 1. The quantitative estimate of drug-likeness (QED) is 0.829. The molecule has 2 aromatic rings. The molecule has 1 aromatic heterocycles. The third-order valence-corrected chi connectivity index (χ3v) is 2.69. The summed E-state index contributed by atoms with van der Waals surface area (Å²) in [6, 6.07) is 8.06. The summed E-state index contributed by atoms with van der Waals surface area (Å²) < 4.78 is 0. The summed E-state index contributed by atoms with van der Waals surface area (Å²) in [5.41, 5.74) is 8.90. The molecule has 0 aliphatic rings. The molecule has 4 heteroatoms. The van der Waals surface area contributed by atoms with Gasteiger partial charge in [-0.2, -0.15) is 0 Å². The molecule has 0 saturated carbocycles. The molecule has 0 fully saturated rings. The van der Waals surface area contributed by atoms with Crippen LogP contribution in [0.5, 0.6) is 0 Å². The van der Waals surface area contributed by atoms with Crippen LogP contribution in [0.4, 0.5) is 17.3 Å². The van der Waals surface area contributed by atoms with E-state index in [4.69, 9.17) is 5.73 Å². The molecular weight excluding hydrogens is 212 g/mol. The second-order valence-corrected chi connectivity index (χ2v) is 4.07. The molecule has 3 N–H and O–H groups in total. The lowest BCUT2D eigenvalue weighted by Gasteiger charge is -2.12. The first-order chi connectivity index (χ1) is 8.08. The van der Waals surface area contributed by atoms with E-state index in [9.17, 15) is 0 Å². The predicted octanol–water partition coefficient (Wildman–Crippen LogP) is 2.73. The van der Waals surface area contributed by atoms with Gasteiger partial charge in [-0.25, -0.2) is 9.97 Å². The number of aryl methyl sites for hydroxylation is 2. The van der Waals surface area contributed by atoms with Crippen LogP contribution in [0.2, 0.25) is 0 Å². The van der Waals surface area contributed by atoms with Crippen LogP contribution in [0.1, 0.15) is 17.0 Å². The molecule has 0 aliphatic heterocycles. The smallest absolute Gasteiger partial charge is 0.139 e. The summed E-state index contributed by atoms with van der Waals surface area (Å²) >= 11 is 0. The maximum Gasteiger partial charge on any atom is 0.139 e. The molecular formula is C13H16N4. The fourth-order valence-electron chi connectivity index (χ4n) is 1.61.